The number of carboxylic acid groups (broad SMARTS) is 1. The molecule has 0 bridgehead atoms. The molecule has 0 atom stereocenters. The summed E-state index contributed by atoms with van der Waals surface area (Å²) in [6, 6.07) is 2.86. The summed E-state index contributed by atoms with van der Waals surface area (Å²) < 4.78 is 0. The van der Waals surface area contributed by atoms with E-state index in [-0.39, 0.29) is 17.5 Å². The van der Waals surface area contributed by atoms with Crippen molar-refractivity contribution >= 4 is 17.8 Å². The van der Waals surface area contributed by atoms with Crippen molar-refractivity contribution in [3.8, 4) is 0 Å². The molecule has 2 saturated heterocycles. The van der Waals surface area contributed by atoms with Crippen LogP contribution in [-0.4, -0.2) is 63.9 Å². The van der Waals surface area contributed by atoms with Gasteiger partial charge in [-0.2, -0.15) is 0 Å². The number of aromatic carboxylic acids is 1. The molecular formula is C18H23N3O4. The lowest BCUT2D eigenvalue weighted by molar-refractivity contribution is -0.134. The van der Waals surface area contributed by atoms with E-state index in [0.29, 0.717) is 31.0 Å². The number of nitrogens with zero attached hydrogens (tertiary/aromatic N) is 3. The van der Waals surface area contributed by atoms with E-state index in [1.165, 1.54) is 18.3 Å². The van der Waals surface area contributed by atoms with Gasteiger partial charge in [-0.25, -0.2) is 9.78 Å². The topological polar surface area (TPSA) is 90.8 Å². The SMILES string of the molecule is O=C(O)c1ccc(C(=O)N2CCC(CN3CCCCC3=O)CC2)cn1. The molecule has 1 aromatic rings. The molecule has 134 valence electrons. The van der Waals surface area contributed by atoms with E-state index < -0.39 is 5.97 Å². The minimum Gasteiger partial charge on any atom is -0.477 e. The summed E-state index contributed by atoms with van der Waals surface area (Å²) in [5.74, 6) is -0.517. The summed E-state index contributed by atoms with van der Waals surface area (Å²) in [5.41, 5.74) is 0.344. The van der Waals surface area contributed by atoms with Crippen LogP contribution in [0.2, 0.25) is 0 Å². The highest BCUT2D eigenvalue weighted by Crippen LogP contribution is 2.22. The summed E-state index contributed by atoms with van der Waals surface area (Å²) in [6.07, 6.45) is 5.84. The Morgan fingerprint density at radius 3 is 2.52 bits per heavy atom. The van der Waals surface area contributed by atoms with E-state index in [9.17, 15) is 14.4 Å². The second kappa shape index (κ2) is 7.63. The number of pyridine rings is 1. The van der Waals surface area contributed by atoms with E-state index in [2.05, 4.69) is 4.98 Å². The molecule has 2 fully saturated rings. The molecule has 2 amide bonds. The number of carbonyl (C=O) groups excluding carboxylic acids is 2. The third-order valence-electron chi connectivity index (χ3n) is 5.03. The van der Waals surface area contributed by atoms with Crippen molar-refractivity contribution in [3.05, 3.63) is 29.6 Å². The average molecular weight is 345 g/mol. The van der Waals surface area contributed by atoms with Crippen LogP contribution in [-0.2, 0) is 4.79 Å². The van der Waals surface area contributed by atoms with Gasteiger partial charge in [0.25, 0.3) is 5.91 Å². The predicted molar refractivity (Wildman–Crippen MR) is 90.3 cm³/mol. The monoisotopic (exact) mass is 345 g/mol. The Labute approximate surface area is 146 Å². The van der Waals surface area contributed by atoms with Gasteiger partial charge in [0, 0.05) is 38.8 Å². The molecule has 3 rings (SSSR count). The maximum absolute atomic E-state index is 12.5. The highest BCUT2D eigenvalue weighted by atomic mass is 16.4. The molecule has 7 heteroatoms. The Bertz CT molecular complexity index is 651. The van der Waals surface area contributed by atoms with Crippen molar-refractivity contribution in [1.82, 2.24) is 14.8 Å². The third kappa shape index (κ3) is 4.15. The van der Waals surface area contributed by atoms with E-state index in [0.717, 1.165) is 38.8 Å². The summed E-state index contributed by atoms with van der Waals surface area (Å²) >= 11 is 0. The van der Waals surface area contributed by atoms with E-state index >= 15 is 0 Å². The summed E-state index contributed by atoms with van der Waals surface area (Å²) in [7, 11) is 0. The molecule has 0 spiro atoms. The van der Waals surface area contributed by atoms with Gasteiger partial charge in [-0.15, -0.1) is 0 Å². The van der Waals surface area contributed by atoms with Crippen LogP contribution < -0.4 is 0 Å². The number of carbonyl (C=O) groups is 3. The van der Waals surface area contributed by atoms with Crippen molar-refractivity contribution < 1.29 is 19.5 Å². The molecule has 0 aliphatic carbocycles. The van der Waals surface area contributed by atoms with Crippen LogP contribution in [0.1, 0.15) is 53.0 Å². The summed E-state index contributed by atoms with van der Waals surface area (Å²) in [6.45, 7) is 2.98. The Hall–Kier alpha value is -2.44. The Kier molecular flexibility index (Phi) is 5.31. The molecule has 2 aliphatic heterocycles. The van der Waals surface area contributed by atoms with Gasteiger partial charge in [0.1, 0.15) is 5.69 Å². The number of aromatic nitrogens is 1. The molecule has 25 heavy (non-hydrogen) atoms. The maximum Gasteiger partial charge on any atom is 0.354 e. The lowest BCUT2D eigenvalue weighted by atomic mass is 9.94. The Morgan fingerprint density at radius 2 is 1.92 bits per heavy atom. The third-order valence-corrected chi connectivity index (χ3v) is 5.03. The fourth-order valence-corrected chi connectivity index (χ4v) is 3.51. The largest absolute Gasteiger partial charge is 0.477 e. The number of carboxylic acids is 1. The molecule has 0 aromatic carbocycles. The number of rotatable bonds is 4. The summed E-state index contributed by atoms with van der Waals surface area (Å²) in [5, 5.41) is 8.86. The molecule has 2 aliphatic rings. The van der Waals surface area contributed by atoms with Crippen LogP contribution in [0, 0.1) is 5.92 Å². The molecule has 0 saturated carbocycles. The predicted octanol–water partition coefficient (Wildman–Crippen LogP) is 1.64. The smallest absolute Gasteiger partial charge is 0.354 e. The quantitative estimate of drug-likeness (QED) is 0.896. The van der Waals surface area contributed by atoms with Crippen molar-refractivity contribution in [2.45, 2.75) is 32.1 Å². The van der Waals surface area contributed by atoms with E-state index in [1.807, 2.05) is 4.90 Å². The molecule has 1 aromatic heterocycles. The number of piperidine rings is 2. The normalized spacial score (nSPS) is 19.1. The van der Waals surface area contributed by atoms with E-state index in [4.69, 9.17) is 5.11 Å². The van der Waals surface area contributed by atoms with Crippen molar-refractivity contribution in [1.29, 1.82) is 0 Å². The van der Waals surface area contributed by atoms with Crippen molar-refractivity contribution in [2.24, 2.45) is 5.92 Å². The van der Waals surface area contributed by atoms with Crippen molar-refractivity contribution in [3.63, 3.8) is 0 Å². The highest BCUT2D eigenvalue weighted by molar-refractivity contribution is 5.95. The Morgan fingerprint density at radius 1 is 1.16 bits per heavy atom. The lowest BCUT2D eigenvalue weighted by Crippen LogP contribution is -2.44. The number of amides is 2. The van der Waals surface area contributed by atoms with Gasteiger partial charge in [-0.05, 0) is 43.7 Å². The zero-order valence-corrected chi connectivity index (χ0v) is 14.2. The molecule has 0 radical (unpaired) electrons. The molecular weight excluding hydrogens is 322 g/mol. The minimum absolute atomic E-state index is 0.0681. The lowest BCUT2D eigenvalue weighted by Gasteiger charge is -2.36. The van der Waals surface area contributed by atoms with Gasteiger partial charge in [0.15, 0.2) is 0 Å². The maximum atomic E-state index is 12.5. The first-order valence-electron chi connectivity index (χ1n) is 8.81. The van der Waals surface area contributed by atoms with Gasteiger partial charge in [-0.3, -0.25) is 9.59 Å². The van der Waals surface area contributed by atoms with Crippen LogP contribution >= 0.6 is 0 Å². The first-order valence-corrected chi connectivity index (χ1v) is 8.81. The van der Waals surface area contributed by atoms with Gasteiger partial charge >= 0.3 is 5.97 Å². The molecule has 0 unspecified atom stereocenters. The zero-order valence-electron chi connectivity index (χ0n) is 14.2. The fourth-order valence-electron chi connectivity index (χ4n) is 3.51. The minimum atomic E-state index is -1.10. The number of hydrogen-bond donors (Lipinski definition) is 1. The second-order valence-electron chi connectivity index (χ2n) is 6.77. The zero-order chi connectivity index (χ0) is 17.8. The first-order chi connectivity index (χ1) is 12.0. The van der Waals surface area contributed by atoms with Gasteiger partial charge in [0.05, 0.1) is 5.56 Å². The van der Waals surface area contributed by atoms with E-state index in [1.54, 1.807) is 4.90 Å². The van der Waals surface area contributed by atoms with Gasteiger partial charge in [0.2, 0.25) is 5.91 Å². The Balaban J connectivity index is 1.52. The summed E-state index contributed by atoms with van der Waals surface area (Å²) in [4.78, 5) is 42.8. The standard InChI is InChI=1S/C18H23N3O4/c22-16-3-1-2-8-21(16)12-13-6-9-20(10-7-13)17(23)14-4-5-15(18(24)25)19-11-14/h4-5,11,13H,1-3,6-10,12H2,(H,24,25). The highest BCUT2D eigenvalue weighted by Gasteiger charge is 2.27. The van der Waals surface area contributed by atoms with Crippen LogP contribution in [0.25, 0.3) is 0 Å². The first kappa shape index (κ1) is 17.4. The second-order valence-corrected chi connectivity index (χ2v) is 6.77. The van der Waals surface area contributed by atoms with Gasteiger partial charge < -0.3 is 14.9 Å². The van der Waals surface area contributed by atoms with Crippen LogP contribution in [0.15, 0.2) is 18.3 Å². The average Bonchev–Trinajstić information content (AvgIpc) is 2.64. The van der Waals surface area contributed by atoms with Crippen LogP contribution in [0.3, 0.4) is 0 Å². The molecule has 7 nitrogen and oxygen atoms in total. The van der Waals surface area contributed by atoms with Crippen molar-refractivity contribution in [2.75, 3.05) is 26.2 Å². The number of hydrogen-bond acceptors (Lipinski definition) is 4. The van der Waals surface area contributed by atoms with Crippen LogP contribution in [0.4, 0.5) is 0 Å². The van der Waals surface area contributed by atoms with Crippen LogP contribution in [0.5, 0.6) is 0 Å². The molecule has 1 N–H and O–H groups in total. The molecule has 3 heterocycles. The fraction of sp³-hybridized carbons (Fsp3) is 0.556. The van der Waals surface area contributed by atoms with Gasteiger partial charge in [-0.1, -0.05) is 0 Å². The number of likely N-dealkylation sites (tertiary alicyclic amines) is 2.